The smallest absolute Gasteiger partial charge is 0.296 e. The minimum atomic E-state index is -2.80. The van der Waals surface area contributed by atoms with Gasteiger partial charge in [-0.15, -0.1) is 0 Å². The van der Waals surface area contributed by atoms with Gasteiger partial charge in [0.1, 0.15) is 11.9 Å². The zero-order valence-corrected chi connectivity index (χ0v) is 19.6. The number of aromatic nitrogens is 4. The molecular formula is C24H26F2N6O4. The minimum Gasteiger partial charge on any atom is -0.470 e. The number of anilines is 1. The van der Waals surface area contributed by atoms with Crippen molar-refractivity contribution in [2.75, 3.05) is 57.5 Å². The molecule has 10 nitrogen and oxygen atoms in total. The number of benzene rings is 1. The van der Waals surface area contributed by atoms with Crippen molar-refractivity contribution in [3.05, 3.63) is 36.2 Å². The van der Waals surface area contributed by atoms with Crippen LogP contribution in [0.3, 0.4) is 0 Å². The second-order valence-electron chi connectivity index (χ2n) is 9.10. The summed E-state index contributed by atoms with van der Waals surface area (Å²) in [4.78, 5) is 29.6. The van der Waals surface area contributed by atoms with Gasteiger partial charge in [-0.05, 0) is 18.6 Å². The maximum absolute atomic E-state index is 14.0. The molecule has 0 radical (unpaired) electrons. The first-order valence-electron chi connectivity index (χ1n) is 12.1. The number of fused-ring (bicyclic) bond motifs is 1. The number of hydrogen-bond donors (Lipinski definition) is 0. The van der Waals surface area contributed by atoms with Gasteiger partial charge in [0.2, 0.25) is 17.7 Å². The predicted molar refractivity (Wildman–Crippen MR) is 125 cm³/mol. The van der Waals surface area contributed by atoms with Crippen LogP contribution in [0.5, 0.6) is 5.88 Å². The number of likely N-dealkylation sites (tertiary alicyclic amines) is 1. The molecule has 0 N–H and O–H groups in total. The van der Waals surface area contributed by atoms with Gasteiger partial charge >= 0.3 is 0 Å². The van der Waals surface area contributed by atoms with Crippen LogP contribution >= 0.6 is 0 Å². The van der Waals surface area contributed by atoms with E-state index < -0.39 is 12.2 Å². The summed E-state index contributed by atoms with van der Waals surface area (Å²) in [6.07, 6.45) is -2.30. The fourth-order valence-electron chi connectivity index (χ4n) is 4.76. The number of nitrogens with zero attached hydrogens (tertiary/aromatic N) is 6. The number of hydrogen-bond acceptors (Lipinski definition) is 8. The van der Waals surface area contributed by atoms with E-state index in [0.29, 0.717) is 69.6 Å². The first kappa shape index (κ1) is 23.0. The fraction of sp³-hybridized carbons (Fsp3) is 0.500. The number of para-hydroxylation sites is 2. The van der Waals surface area contributed by atoms with Crippen LogP contribution in [0.25, 0.3) is 16.9 Å². The maximum Gasteiger partial charge on any atom is 0.296 e. The van der Waals surface area contributed by atoms with Crippen LogP contribution in [0.1, 0.15) is 18.7 Å². The largest absolute Gasteiger partial charge is 0.470 e. The van der Waals surface area contributed by atoms with E-state index in [1.165, 1.54) is 4.57 Å². The summed E-state index contributed by atoms with van der Waals surface area (Å²) >= 11 is 0. The van der Waals surface area contributed by atoms with Crippen LogP contribution in [-0.4, -0.2) is 89.0 Å². The number of imidazole rings is 1. The van der Waals surface area contributed by atoms with Gasteiger partial charge in [-0.25, -0.2) is 13.8 Å². The molecule has 1 amide bonds. The Morgan fingerprint density at radius 2 is 1.86 bits per heavy atom. The van der Waals surface area contributed by atoms with Crippen LogP contribution in [0.4, 0.5) is 14.7 Å². The Balaban J connectivity index is 1.31. The van der Waals surface area contributed by atoms with Crippen LogP contribution in [0.2, 0.25) is 0 Å². The molecule has 3 aliphatic rings. The summed E-state index contributed by atoms with van der Waals surface area (Å²) in [6, 6.07) is 8.50. The van der Waals surface area contributed by atoms with E-state index in [4.69, 9.17) is 14.2 Å². The Morgan fingerprint density at radius 3 is 2.61 bits per heavy atom. The van der Waals surface area contributed by atoms with Gasteiger partial charge in [0, 0.05) is 25.8 Å². The molecule has 5 heterocycles. The molecule has 0 saturated carbocycles. The first-order chi connectivity index (χ1) is 17.6. The number of amides is 1. The summed E-state index contributed by atoms with van der Waals surface area (Å²) in [7, 11) is 0. The number of carbonyl (C=O) groups is 1. The molecular weight excluding hydrogens is 474 g/mol. The SMILES string of the molecule is O=C(C1CCOC1)N1CC(Oc2cc(-n3c(C(F)F)nc4ccccc43)nc(N3CCOCC3)n2)C1. The molecule has 1 unspecified atom stereocenters. The second-order valence-corrected chi connectivity index (χ2v) is 9.10. The zero-order valence-electron chi connectivity index (χ0n) is 19.6. The quantitative estimate of drug-likeness (QED) is 0.509. The Labute approximate surface area is 205 Å². The highest BCUT2D eigenvalue weighted by atomic mass is 19.3. The molecule has 2 aromatic heterocycles. The van der Waals surface area contributed by atoms with Crippen molar-refractivity contribution < 1.29 is 27.8 Å². The molecule has 1 atom stereocenters. The van der Waals surface area contributed by atoms with Crippen molar-refractivity contribution in [2.24, 2.45) is 5.92 Å². The minimum absolute atomic E-state index is 0.0798. The lowest BCUT2D eigenvalue weighted by Crippen LogP contribution is -2.57. The predicted octanol–water partition coefficient (Wildman–Crippen LogP) is 2.22. The number of rotatable bonds is 6. The molecule has 6 rings (SSSR count). The molecule has 190 valence electrons. The first-order valence-corrected chi connectivity index (χ1v) is 12.1. The van der Waals surface area contributed by atoms with Crippen molar-refractivity contribution in [3.63, 3.8) is 0 Å². The summed E-state index contributed by atoms with van der Waals surface area (Å²) in [5.41, 5.74) is 0.968. The number of carbonyl (C=O) groups excluding carboxylic acids is 1. The monoisotopic (exact) mass is 500 g/mol. The average Bonchev–Trinajstić information content (AvgIpc) is 3.54. The lowest BCUT2D eigenvalue weighted by Gasteiger charge is -2.40. The molecule has 36 heavy (non-hydrogen) atoms. The Hall–Kier alpha value is -3.38. The van der Waals surface area contributed by atoms with E-state index in [-0.39, 0.29) is 29.6 Å². The highest BCUT2D eigenvalue weighted by molar-refractivity contribution is 5.80. The van der Waals surface area contributed by atoms with E-state index in [0.717, 1.165) is 6.42 Å². The van der Waals surface area contributed by atoms with Crippen molar-refractivity contribution in [1.82, 2.24) is 24.4 Å². The van der Waals surface area contributed by atoms with Gasteiger partial charge in [-0.1, -0.05) is 12.1 Å². The third kappa shape index (κ3) is 4.35. The highest BCUT2D eigenvalue weighted by Crippen LogP contribution is 2.30. The van der Waals surface area contributed by atoms with Crippen molar-refractivity contribution >= 4 is 22.9 Å². The highest BCUT2D eigenvalue weighted by Gasteiger charge is 2.37. The molecule has 1 aromatic carbocycles. The normalized spacial score (nSPS) is 20.8. The van der Waals surface area contributed by atoms with E-state index in [2.05, 4.69) is 15.0 Å². The van der Waals surface area contributed by atoms with Crippen molar-refractivity contribution in [2.45, 2.75) is 19.0 Å². The third-order valence-electron chi connectivity index (χ3n) is 6.71. The number of alkyl halides is 2. The topological polar surface area (TPSA) is 94.8 Å². The van der Waals surface area contributed by atoms with Gasteiger partial charge in [0.25, 0.3) is 6.43 Å². The van der Waals surface area contributed by atoms with Gasteiger partial charge < -0.3 is 24.0 Å². The summed E-state index contributed by atoms with van der Waals surface area (Å²) in [5.74, 6) is 0.483. The summed E-state index contributed by atoms with van der Waals surface area (Å²) in [5, 5.41) is 0. The molecule has 3 saturated heterocycles. The number of morpholine rings is 1. The van der Waals surface area contributed by atoms with E-state index in [1.807, 2.05) is 4.90 Å². The molecule has 0 spiro atoms. The van der Waals surface area contributed by atoms with Crippen molar-refractivity contribution in [1.29, 1.82) is 0 Å². The van der Waals surface area contributed by atoms with Gasteiger partial charge in [-0.2, -0.15) is 9.97 Å². The molecule has 3 fully saturated rings. The van der Waals surface area contributed by atoms with Gasteiger partial charge in [-0.3, -0.25) is 9.36 Å². The molecule has 3 aliphatic heterocycles. The maximum atomic E-state index is 14.0. The van der Waals surface area contributed by atoms with Gasteiger partial charge in [0.05, 0.1) is 49.9 Å². The summed E-state index contributed by atoms with van der Waals surface area (Å²) in [6.45, 7) is 4.14. The Morgan fingerprint density at radius 1 is 1.06 bits per heavy atom. The number of halogens is 2. The molecule has 12 heteroatoms. The van der Waals surface area contributed by atoms with Crippen LogP contribution < -0.4 is 9.64 Å². The Kier molecular flexibility index (Phi) is 6.13. The fourth-order valence-corrected chi connectivity index (χ4v) is 4.76. The zero-order chi connectivity index (χ0) is 24.6. The Bertz CT molecular complexity index is 1250. The lowest BCUT2D eigenvalue weighted by molar-refractivity contribution is -0.144. The standard InChI is InChI=1S/C24H26F2N6O4/c25-21(26)22-27-17-3-1-2-4-18(17)32(22)19-11-20(29-24(28-19)30-6-9-34-10-7-30)36-16-12-31(13-16)23(33)15-5-8-35-14-15/h1-4,11,15-16,21H,5-10,12-14H2. The number of ether oxygens (including phenoxy) is 3. The second kappa shape index (κ2) is 9.58. The van der Waals surface area contributed by atoms with Crippen LogP contribution in [-0.2, 0) is 14.3 Å². The molecule has 3 aromatic rings. The van der Waals surface area contributed by atoms with Gasteiger partial charge in [0.15, 0.2) is 5.82 Å². The lowest BCUT2D eigenvalue weighted by atomic mass is 10.0. The molecule has 0 aliphatic carbocycles. The third-order valence-corrected chi connectivity index (χ3v) is 6.71. The van der Waals surface area contributed by atoms with Crippen LogP contribution in [0.15, 0.2) is 30.3 Å². The van der Waals surface area contributed by atoms with Crippen molar-refractivity contribution in [3.8, 4) is 11.7 Å². The average molecular weight is 501 g/mol. The van der Waals surface area contributed by atoms with Crippen LogP contribution in [0, 0.1) is 5.92 Å². The van der Waals surface area contributed by atoms with E-state index in [9.17, 15) is 13.6 Å². The van der Waals surface area contributed by atoms with E-state index in [1.54, 1.807) is 35.2 Å². The van der Waals surface area contributed by atoms with E-state index >= 15 is 0 Å². The molecule has 0 bridgehead atoms. The summed E-state index contributed by atoms with van der Waals surface area (Å²) < 4.78 is 46.2.